The summed E-state index contributed by atoms with van der Waals surface area (Å²) in [6.45, 7) is 0.110. The van der Waals surface area contributed by atoms with Gasteiger partial charge in [-0.2, -0.15) is 8.78 Å². The number of hydrogen-bond donors (Lipinski definition) is 1. The lowest BCUT2D eigenvalue weighted by Gasteiger charge is -2.24. The fraction of sp³-hybridized carbons (Fsp3) is 0.857. The molecule has 0 unspecified atom stereocenters. The Labute approximate surface area is 84.9 Å². The van der Waals surface area contributed by atoms with Crippen molar-refractivity contribution in [3.8, 4) is 0 Å². The highest BCUT2D eigenvalue weighted by Gasteiger charge is 2.56. The molecule has 0 aromatic carbocycles. The number of ether oxygens (including phenoxy) is 1. The van der Waals surface area contributed by atoms with E-state index in [9.17, 15) is 22.0 Å². The molecule has 0 radical (unpaired) electrons. The Morgan fingerprint density at radius 3 is 2.20 bits per heavy atom. The topological polar surface area (TPSA) is 80.7 Å². The predicted octanol–water partition coefficient (Wildman–Crippen LogP) is 0.258. The summed E-state index contributed by atoms with van der Waals surface area (Å²) in [4.78, 5) is 10.1. The fourth-order valence-electron chi connectivity index (χ4n) is 1.32. The molecule has 15 heavy (non-hydrogen) atoms. The summed E-state index contributed by atoms with van der Waals surface area (Å²) in [5, 5.41) is 2.10. The molecule has 0 aromatic heterocycles. The third kappa shape index (κ3) is 2.10. The average molecular weight is 244 g/mol. The van der Waals surface area contributed by atoms with Crippen LogP contribution in [0.1, 0.15) is 12.8 Å². The maximum Gasteiger partial charge on any atom is 0.439 e. The maximum atomic E-state index is 12.9. The monoisotopic (exact) mass is 244 g/mol. The maximum absolute atomic E-state index is 12.9. The van der Waals surface area contributed by atoms with E-state index >= 15 is 0 Å². The van der Waals surface area contributed by atoms with Crippen molar-refractivity contribution in [2.24, 2.45) is 0 Å². The van der Waals surface area contributed by atoms with Crippen LogP contribution in [0.25, 0.3) is 0 Å². The van der Waals surface area contributed by atoms with Gasteiger partial charge in [-0.15, -0.1) is 0 Å². The molecule has 1 aliphatic heterocycles. The van der Waals surface area contributed by atoms with Gasteiger partial charge in [0.05, 0.1) is 5.25 Å². The molecule has 1 fully saturated rings. The first-order valence-electron chi connectivity index (χ1n) is 4.22. The highest BCUT2D eigenvalue weighted by molar-refractivity contribution is 7.93. The van der Waals surface area contributed by atoms with Crippen LogP contribution < -0.4 is 0 Å². The number of aliphatic carboxylic acids is 1. The van der Waals surface area contributed by atoms with Crippen LogP contribution in [0.15, 0.2) is 0 Å². The van der Waals surface area contributed by atoms with E-state index in [-0.39, 0.29) is 26.1 Å². The summed E-state index contributed by atoms with van der Waals surface area (Å²) in [7, 11) is -4.97. The van der Waals surface area contributed by atoms with E-state index in [0.717, 1.165) is 0 Å². The molecule has 1 N–H and O–H groups in total. The van der Waals surface area contributed by atoms with E-state index in [0.29, 0.717) is 0 Å². The Morgan fingerprint density at radius 1 is 1.33 bits per heavy atom. The predicted molar refractivity (Wildman–Crippen MR) is 45.3 cm³/mol. The molecule has 1 heterocycles. The summed E-state index contributed by atoms with van der Waals surface area (Å²) in [5.74, 6) is -2.63. The molecule has 0 spiro atoms. The van der Waals surface area contributed by atoms with Crippen LogP contribution >= 0.6 is 0 Å². The quantitative estimate of drug-likeness (QED) is 0.770. The molecule has 0 aliphatic carbocycles. The Hall–Kier alpha value is -0.760. The van der Waals surface area contributed by atoms with Crippen LogP contribution in [-0.2, 0) is 19.4 Å². The highest BCUT2D eigenvalue weighted by Crippen LogP contribution is 2.30. The minimum Gasteiger partial charge on any atom is -0.476 e. The van der Waals surface area contributed by atoms with E-state index in [1.165, 1.54) is 0 Å². The number of sulfone groups is 1. The van der Waals surface area contributed by atoms with Crippen molar-refractivity contribution in [1.82, 2.24) is 0 Å². The summed E-state index contributed by atoms with van der Waals surface area (Å²) in [5.41, 5.74) is 0. The fourth-order valence-corrected chi connectivity index (χ4v) is 2.79. The van der Waals surface area contributed by atoms with Gasteiger partial charge in [0.2, 0.25) is 9.84 Å². The molecule has 1 aliphatic rings. The van der Waals surface area contributed by atoms with Gasteiger partial charge in [0.1, 0.15) is 0 Å². The number of carboxylic acids is 1. The lowest BCUT2D eigenvalue weighted by atomic mass is 10.2. The van der Waals surface area contributed by atoms with Crippen molar-refractivity contribution in [2.45, 2.75) is 23.3 Å². The highest BCUT2D eigenvalue weighted by atomic mass is 32.2. The Bertz CT molecular complexity index is 344. The zero-order valence-corrected chi connectivity index (χ0v) is 8.47. The van der Waals surface area contributed by atoms with Gasteiger partial charge < -0.3 is 9.84 Å². The number of carbonyl (C=O) groups is 1. The van der Waals surface area contributed by atoms with Crippen LogP contribution in [0.3, 0.4) is 0 Å². The van der Waals surface area contributed by atoms with Crippen molar-refractivity contribution < 1.29 is 31.8 Å². The zero-order valence-electron chi connectivity index (χ0n) is 7.65. The van der Waals surface area contributed by atoms with Gasteiger partial charge in [0, 0.05) is 13.2 Å². The number of rotatable bonds is 3. The average Bonchev–Trinajstić information content (AvgIpc) is 2.18. The van der Waals surface area contributed by atoms with Crippen molar-refractivity contribution in [2.75, 3.05) is 13.2 Å². The first-order valence-corrected chi connectivity index (χ1v) is 5.77. The third-order valence-electron chi connectivity index (χ3n) is 2.21. The molecule has 0 bridgehead atoms. The summed E-state index contributed by atoms with van der Waals surface area (Å²) in [6.07, 6.45) is -0.184. The van der Waals surface area contributed by atoms with Crippen LogP contribution in [0.5, 0.6) is 0 Å². The smallest absolute Gasteiger partial charge is 0.439 e. The Kier molecular flexibility index (Phi) is 3.29. The molecule has 0 saturated carbocycles. The lowest BCUT2D eigenvalue weighted by molar-refractivity contribution is -0.153. The van der Waals surface area contributed by atoms with E-state index < -0.39 is 26.3 Å². The molecule has 0 amide bonds. The lowest BCUT2D eigenvalue weighted by Crippen LogP contribution is -2.45. The Morgan fingerprint density at radius 2 is 1.80 bits per heavy atom. The number of hydrogen-bond acceptors (Lipinski definition) is 4. The first-order chi connectivity index (χ1) is 6.80. The standard InChI is InChI=1S/C7H10F2O5S/c8-7(9,6(10)11)15(12,13)5-1-3-14-4-2-5/h5H,1-4H2,(H,10,11). The van der Waals surface area contributed by atoms with Crippen molar-refractivity contribution in [3.05, 3.63) is 0 Å². The molecule has 1 saturated heterocycles. The molecule has 0 aromatic rings. The SMILES string of the molecule is O=C(O)C(F)(F)S(=O)(=O)C1CCOCC1. The summed E-state index contributed by atoms with van der Waals surface area (Å²) in [6, 6.07) is 0. The van der Waals surface area contributed by atoms with Crippen LogP contribution in [-0.4, -0.2) is 43.2 Å². The molecular formula is C7H10F2O5S. The number of alkyl halides is 2. The van der Waals surface area contributed by atoms with Crippen molar-refractivity contribution in [1.29, 1.82) is 0 Å². The molecular weight excluding hydrogens is 234 g/mol. The third-order valence-corrected chi connectivity index (χ3v) is 4.45. The van der Waals surface area contributed by atoms with Crippen molar-refractivity contribution >= 4 is 15.8 Å². The second-order valence-corrected chi connectivity index (χ2v) is 5.45. The van der Waals surface area contributed by atoms with E-state index in [2.05, 4.69) is 0 Å². The van der Waals surface area contributed by atoms with Crippen molar-refractivity contribution in [3.63, 3.8) is 0 Å². The van der Waals surface area contributed by atoms with Gasteiger partial charge in [-0.1, -0.05) is 0 Å². The molecule has 0 atom stereocenters. The molecule has 5 nitrogen and oxygen atoms in total. The Balaban J connectivity index is 2.95. The van der Waals surface area contributed by atoms with Gasteiger partial charge in [-0.3, -0.25) is 0 Å². The van der Waals surface area contributed by atoms with Gasteiger partial charge in [-0.05, 0) is 12.8 Å². The van der Waals surface area contributed by atoms with E-state index in [1.807, 2.05) is 0 Å². The summed E-state index contributed by atoms with van der Waals surface area (Å²) < 4.78 is 53.1. The normalized spacial score (nSPS) is 20.1. The van der Waals surface area contributed by atoms with Gasteiger partial charge in [0.15, 0.2) is 0 Å². The van der Waals surface area contributed by atoms with Gasteiger partial charge >= 0.3 is 11.2 Å². The van der Waals surface area contributed by atoms with E-state index in [4.69, 9.17) is 9.84 Å². The van der Waals surface area contributed by atoms with Crippen LogP contribution in [0, 0.1) is 0 Å². The second-order valence-electron chi connectivity index (χ2n) is 3.18. The number of carboxylic acid groups (broad SMARTS) is 1. The van der Waals surface area contributed by atoms with Gasteiger partial charge in [0.25, 0.3) is 0 Å². The molecule has 88 valence electrons. The molecule has 1 rings (SSSR count). The van der Waals surface area contributed by atoms with E-state index in [1.54, 1.807) is 0 Å². The van der Waals surface area contributed by atoms with Crippen LogP contribution in [0.2, 0.25) is 0 Å². The zero-order chi connectivity index (χ0) is 11.7. The van der Waals surface area contributed by atoms with Crippen LogP contribution in [0.4, 0.5) is 8.78 Å². The minimum absolute atomic E-state index is 0.0552. The largest absolute Gasteiger partial charge is 0.476 e. The number of halogens is 2. The molecule has 8 heteroatoms. The first kappa shape index (κ1) is 12.3. The van der Waals surface area contributed by atoms with Gasteiger partial charge in [-0.25, -0.2) is 13.2 Å². The second kappa shape index (κ2) is 4.01. The summed E-state index contributed by atoms with van der Waals surface area (Å²) >= 11 is 0. The minimum atomic E-state index is -4.97.